The second kappa shape index (κ2) is 8.75. The second-order valence-electron chi connectivity index (χ2n) is 7.05. The summed E-state index contributed by atoms with van der Waals surface area (Å²) < 4.78 is 66.6. The summed E-state index contributed by atoms with van der Waals surface area (Å²) in [4.78, 5) is 32.1. The van der Waals surface area contributed by atoms with Gasteiger partial charge in [0.2, 0.25) is 0 Å². The van der Waals surface area contributed by atoms with Crippen LogP contribution in [0, 0.1) is 11.6 Å². The number of aromatic nitrogens is 2. The normalized spacial score (nSPS) is 11.5. The van der Waals surface area contributed by atoms with E-state index in [1.807, 2.05) is 5.32 Å². The Morgan fingerprint density at radius 2 is 1.65 bits per heavy atom. The van der Waals surface area contributed by atoms with E-state index < -0.39 is 46.4 Å². The number of alkyl halides is 3. The molecular weight excluding hydrogens is 483 g/mol. The zero-order valence-corrected chi connectivity index (χ0v) is 17.5. The van der Waals surface area contributed by atoms with Crippen molar-refractivity contribution in [1.29, 1.82) is 0 Å². The molecule has 2 amide bonds. The number of nitrogens with zero attached hydrogens (tertiary/aromatic N) is 1. The zero-order valence-electron chi connectivity index (χ0n) is 16.7. The highest BCUT2D eigenvalue weighted by Crippen LogP contribution is 2.31. The first kappa shape index (κ1) is 23.2. The third-order valence-corrected chi connectivity index (χ3v) is 5.06. The van der Waals surface area contributed by atoms with Crippen molar-refractivity contribution >= 4 is 45.8 Å². The molecule has 4 rings (SSSR count). The molecule has 2 aromatic heterocycles. The lowest BCUT2D eigenvalue weighted by Gasteiger charge is -2.12. The number of benzene rings is 2. The van der Waals surface area contributed by atoms with Gasteiger partial charge in [0.25, 0.3) is 11.8 Å². The fourth-order valence-electron chi connectivity index (χ4n) is 3.09. The third kappa shape index (κ3) is 4.69. The van der Waals surface area contributed by atoms with E-state index in [0.717, 1.165) is 17.5 Å². The average Bonchev–Trinajstić information content (AvgIpc) is 3.22. The molecule has 0 saturated carbocycles. The van der Waals surface area contributed by atoms with Crippen molar-refractivity contribution in [1.82, 2.24) is 9.97 Å². The van der Waals surface area contributed by atoms with Crippen molar-refractivity contribution in [2.24, 2.45) is 0 Å². The highest BCUT2D eigenvalue weighted by molar-refractivity contribution is 6.34. The predicted octanol–water partition coefficient (Wildman–Crippen LogP) is 6.02. The number of amides is 2. The molecule has 2 heterocycles. The van der Waals surface area contributed by atoms with Crippen LogP contribution in [0.15, 0.2) is 54.9 Å². The Morgan fingerprint density at radius 3 is 2.35 bits per heavy atom. The van der Waals surface area contributed by atoms with Crippen LogP contribution in [-0.4, -0.2) is 21.8 Å². The number of aromatic amines is 1. The first-order valence-electron chi connectivity index (χ1n) is 9.44. The molecule has 0 spiro atoms. The molecule has 0 aliphatic carbocycles. The quantitative estimate of drug-likeness (QED) is 0.303. The van der Waals surface area contributed by atoms with Crippen LogP contribution in [0.2, 0.25) is 5.02 Å². The van der Waals surface area contributed by atoms with Gasteiger partial charge in [0.15, 0.2) is 0 Å². The molecule has 0 atom stereocenters. The van der Waals surface area contributed by atoms with E-state index in [1.165, 1.54) is 6.20 Å². The molecule has 3 N–H and O–H groups in total. The maximum atomic E-state index is 14.4. The molecule has 2 aromatic carbocycles. The molecule has 12 heteroatoms. The minimum absolute atomic E-state index is 0.154. The Morgan fingerprint density at radius 1 is 0.912 bits per heavy atom. The van der Waals surface area contributed by atoms with Crippen LogP contribution in [0.3, 0.4) is 0 Å². The molecule has 0 aliphatic heterocycles. The van der Waals surface area contributed by atoms with Crippen molar-refractivity contribution < 1.29 is 31.5 Å². The van der Waals surface area contributed by atoms with E-state index in [2.05, 4.69) is 15.3 Å². The average molecular weight is 495 g/mol. The predicted molar refractivity (Wildman–Crippen MR) is 115 cm³/mol. The number of H-pyrrole nitrogens is 1. The number of halogens is 6. The van der Waals surface area contributed by atoms with Crippen molar-refractivity contribution in [2.45, 2.75) is 6.18 Å². The highest BCUT2D eigenvalue weighted by atomic mass is 35.5. The largest absolute Gasteiger partial charge is 0.416 e. The molecule has 0 bridgehead atoms. The Kier molecular flexibility index (Phi) is 5.96. The van der Waals surface area contributed by atoms with Gasteiger partial charge in [0, 0.05) is 11.6 Å². The standard InChI is InChI=1S/C22H12ClF5N4O2/c23-15-8-17(25)18(32-20(33)13-2-1-11(6-16(13)24)22(26,27)28)7-14(15)21(34)31-12-5-10-3-4-29-19(10)30-9-12/h1-9H,(H,29,30)(H,31,34)(H,32,33). The first-order valence-corrected chi connectivity index (χ1v) is 9.82. The molecule has 0 aliphatic rings. The minimum Gasteiger partial charge on any atom is -0.346 e. The van der Waals surface area contributed by atoms with E-state index in [-0.39, 0.29) is 16.7 Å². The number of fused-ring (bicyclic) bond motifs is 1. The number of hydrogen-bond donors (Lipinski definition) is 3. The lowest BCUT2D eigenvalue weighted by molar-refractivity contribution is -0.137. The number of hydrogen-bond acceptors (Lipinski definition) is 3. The second-order valence-corrected chi connectivity index (χ2v) is 7.46. The van der Waals surface area contributed by atoms with Gasteiger partial charge in [0.05, 0.1) is 39.3 Å². The van der Waals surface area contributed by atoms with Gasteiger partial charge >= 0.3 is 6.18 Å². The SMILES string of the molecule is O=C(Nc1cc(C(=O)Nc2cnc3[nH]ccc3c2)c(Cl)cc1F)c1ccc(C(F)(F)F)cc1F. The van der Waals surface area contributed by atoms with Crippen molar-refractivity contribution in [3.05, 3.63) is 88.2 Å². The van der Waals surface area contributed by atoms with Crippen LogP contribution in [0.1, 0.15) is 26.3 Å². The van der Waals surface area contributed by atoms with Crippen LogP contribution in [-0.2, 0) is 6.18 Å². The Bertz CT molecular complexity index is 1430. The smallest absolute Gasteiger partial charge is 0.346 e. The summed E-state index contributed by atoms with van der Waals surface area (Å²) in [6.07, 6.45) is -1.76. The summed E-state index contributed by atoms with van der Waals surface area (Å²) in [6.45, 7) is 0. The van der Waals surface area contributed by atoms with Crippen LogP contribution in [0.4, 0.5) is 33.3 Å². The molecule has 34 heavy (non-hydrogen) atoms. The molecular formula is C22H12ClF5N4O2. The van der Waals surface area contributed by atoms with Crippen molar-refractivity contribution in [2.75, 3.05) is 10.6 Å². The van der Waals surface area contributed by atoms with Crippen molar-refractivity contribution in [3.63, 3.8) is 0 Å². The molecule has 0 unspecified atom stereocenters. The van der Waals surface area contributed by atoms with Gasteiger partial charge in [-0.05, 0) is 42.5 Å². The van der Waals surface area contributed by atoms with Crippen LogP contribution in [0.25, 0.3) is 11.0 Å². The number of carbonyl (C=O) groups is 2. The van der Waals surface area contributed by atoms with E-state index in [9.17, 15) is 31.5 Å². The number of anilines is 2. The monoisotopic (exact) mass is 494 g/mol. The lowest BCUT2D eigenvalue weighted by Crippen LogP contribution is -2.18. The topological polar surface area (TPSA) is 86.9 Å². The molecule has 6 nitrogen and oxygen atoms in total. The summed E-state index contributed by atoms with van der Waals surface area (Å²) in [5.74, 6) is -4.47. The number of pyridine rings is 1. The number of nitrogens with one attached hydrogen (secondary N) is 3. The molecule has 0 fully saturated rings. The van der Waals surface area contributed by atoms with E-state index in [0.29, 0.717) is 23.5 Å². The van der Waals surface area contributed by atoms with Gasteiger partial charge in [-0.25, -0.2) is 13.8 Å². The first-order chi connectivity index (χ1) is 16.0. The van der Waals surface area contributed by atoms with Crippen LogP contribution in [0.5, 0.6) is 0 Å². The van der Waals surface area contributed by atoms with E-state index in [4.69, 9.17) is 11.6 Å². The fraction of sp³-hybridized carbons (Fsp3) is 0.0455. The molecule has 4 aromatic rings. The van der Waals surface area contributed by atoms with Crippen LogP contribution < -0.4 is 10.6 Å². The Labute approximate surface area is 192 Å². The summed E-state index contributed by atoms with van der Waals surface area (Å²) in [5.41, 5.74) is -1.88. The minimum atomic E-state index is -4.80. The van der Waals surface area contributed by atoms with Gasteiger partial charge in [0.1, 0.15) is 17.3 Å². The maximum absolute atomic E-state index is 14.4. The fourth-order valence-corrected chi connectivity index (χ4v) is 3.33. The highest BCUT2D eigenvalue weighted by Gasteiger charge is 2.31. The maximum Gasteiger partial charge on any atom is 0.416 e. The number of carbonyl (C=O) groups excluding carboxylic acids is 2. The molecule has 0 radical (unpaired) electrons. The summed E-state index contributed by atoms with van der Waals surface area (Å²) in [5, 5.41) is 5.03. The van der Waals surface area contributed by atoms with Gasteiger partial charge in [-0.1, -0.05) is 11.6 Å². The Balaban J connectivity index is 1.57. The number of rotatable bonds is 4. The lowest BCUT2D eigenvalue weighted by atomic mass is 10.1. The van der Waals surface area contributed by atoms with E-state index >= 15 is 0 Å². The van der Waals surface area contributed by atoms with E-state index in [1.54, 1.807) is 18.3 Å². The van der Waals surface area contributed by atoms with Crippen molar-refractivity contribution in [3.8, 4) is 0 Å². The zero-order chi connectivity index (χ0) is 24.6. The molecule has 0 saturated heterocycles. The van der Waals surface area contributed by atoms with Gasteiger partial charge in [-0.3, -0.25) is 9.59 Å². The van der Waals surface area contributed by atoms with Gasteiger partial charge in [-0.15, -0.1) is 0 Å². The summed E-state index contributed by atoms with van der Waals surface area (Å²) >= 11 is 5.98. The molecule has 174 valence electrons. The Hall–Kier alpha value is -3.99. The summed E-state index contributed by atoms with van der Waals surface area (Å²) in [7, 11) is 0. The summed E-state index contributed by atoms with van der Waals surface area (Å²) in [6, 6.07) is 6.35. The van der Waals surface area contributed by atoms with Crippen LogP contribution >= 0.6 is 11.6 Å². The van der Waals surface area contributed by atoms with Gasteiger partial charge < -0.3 is 15.6 Å². The third-order valence-electron chi connectivity index (χ3n) is 4.75. The van der Waals surface area contributed by atoms with Gasteiger partial charge in [-0.2, -0.15) is 13.2 Å².